The Labute approximate surface area is 168 Å². The fraction of sp³-hybridized carbons (Fsp3) is 0.263. The van der Waals surface area contributed by atoms with E-state index in [1.807, 2.05) is 0 Å². The number of hydrogen-bond acceptors (Lipinski definition) is 6. The van der Waals surface area contributed by atoms with Crippen LogP contribution in [0.4, 0.5) is 5.69 Å². The fourth-order valence-corrected chi connectivity index (χ4v) is 4.61. The minimum absolute atomic E-state index is 0.0736. The molecule has 1 aliphatic heterocycles. The molecule has 1 heterocycles. The number of nitrogens with zero attached hydrogens (tertiary/aromatic N) is 1. The molecule has 2 amide bonds. The molecule has 0 aliphatic carbocycles. The van der Waals surface area contributed by atoms with Crippen molar-refractivity contribution in [3.8, 4) is 5.75 Å². The predicted octanol–water partition coefficient (Wildman–Crippen LogP) is 2.25. The molecule has 1 atom stereocenters. The lowest BCUT2D eigenvalue weighted by atomic mass is 10.1. The van der Waals surface area contributed by atoms with Gasteiger partial charge in [0.15, 0.2) is 9.84 Å². The van der Waals surface area contributed by atoms with E-state index < -0.39 is 15.9 Å². The normalized spacial score (nSPS) is 16.6. The monoisotopic (exact) mass is 420 g/mol. The van der Waals surface area contributed by atoms with Gasteiger partial charge in [0, 0.05) is 23.3 Å². The maximum Gasteiger partial charge on any atom is 0.255 e. The van der Waals surface area contributed by atoms with E-state index in [1.165, 1.54) is 34.9 Å². The van der Waals surface area contributed by atoms with Crippen molar-refractivity contribution in [3.05, 3.63) is 54.1 Å². The molecule has 0 spiro atoms. The fourth-order valence-electron chi connectivity index (χ4n) is 2.79. The first-order valence-corrected chi connectivity index (χ1v) is 11.5. The lowest BCUT2D eigenvalue weighted by Gasteiger charge is -2.23. The van der Waals surface area contributed by atoms with Gasteiger partial charge in [-0.15, -0.1) is 11.8 Å². The molecule has 3 rings (SSSR count). The number of carbonyl (C=O) groups excluding carboxylic acids is 2. The summed E-state index contributed by atoms with van der Waals surface area (Å²) in [5, 5.41) is 2.81. The van der Waals surface area contributed by atoms with E-state index in [-0.39, 0.29) is 22.3 Å². The van der Waals surface area contributed by atoms with Crippen LogP contribution in [0, 0.1) is 0 Å². The molecule has 1 aliphatic rings. The summed E-state index contributed by atoms with van der Waals surface area (Å²) in [5.74, 6) is 0.854. The van der Waals surface area contributed by atoms with Crippen LogP contribution in [0.1, 0.15) is 10.4 Å². The number of ether oxygens (including phenoxy) is 1. The summed E-state index contributed by atoms with van der Waals surface area (Å²) in [6.45, 7) is 0. The molecule has 1 fully saturated rings. The molecule has 0 bridgehead atoms. The van der Waals surface area contributed by atoms with Gasteiger partial charge in [0.25, 0.3) is 5.91 Å². The van der Waals surface area contributed by atoms with E-state index in [0.29, 0.717) is 23.1 Å². The van der Waals surface area contributed by atoms with Crippen LogP contribution >= 0.6 is 11.8 Å². The molecule has 2 aromatic carbocycles. The van der Waals surface area contributed by atoms with Crippen molar-refractivity contribution in [2.24, 2.45) is 0 Å². The molecule has 1 N–H and O–H groups in total. The second-order valence-corrected chi connectivity index (χ2v) is 9.32. The Bertz CT molecular complexity index is 990. The molecule has 0 aromatic heterocycles. The summed E-state index contributed by atoms with van der Waals surface area (Å²) in [6.07, 6.45) is 1.09. The second-order valence-electron chi connectivity index (χ2n) is 6.31. The van der Waals surface area contributed by atoms with Crippen molar-refractivity contribution in [3.63, 3.8) is 0 Å². The van der Waals surface area contributed by atoms with Crippen LogP contribution in [0.25, 0.3) is 0 Å². The first-order valence-electron chi connectivity index (χ1n) is 8.43. The SMILES string of the molecule is COc1ccc(NC(=O)C2CSCN2C(=O)c2cccc(S(C)(=O)=O)c2)cc1. The van der Waals surface area contributed by atoms with Gasteiger partial charge in [-0.2, -0.15) is 0 Å². The number of sulfone groups is 1. The lowest BCUT2D eigenvalue weighted by Crippen LogP contribution is -2.44. The number of nitrogens with one attached hydrogen (secondary N) is 1. The standard InChI is InChI=1S/C19H20N2O5S2/c1-26-15-8-6-14(7-9-15)20-18(22)17-11-27-12-21(17)19(23)13-4-3-5-16(10-13)28(2,24)25/h3-10,17H,11-12H2,1-2H3,(H,20,22). The minimum Gasteiger partial charge on any atom is -0.497 e. The third-order valence-corrected chi connectivity index (χ3v) is 6.43. The third-order valence-electron chi connectivity index (χ3n) is 4.31. The molecule has 7 nitrogen and oxygen atoms in total. The van der Waals surface area contributed by atoms with Crippen LogP contribution in [0.15, 0.2) is 53.4 Å². The summed E-state index contributed by atoms with van der Waals surface area (Å²) in [5.41, 5.74) is 0.849. The van der Waals surface area contributed by atoms with Crippen LogP contribution in [0.2, 0.25) is 0 Å². The highest BCUT2D eigenvalue weighted by molar-refractivity contribution is 7.99. The highest BCUT2D eigenvalue weighted by Gasteiger charge is 2.35. The topological polar surface area (TPSA) is 92.8 Å². The van der Waals surface area contributed by atoms with Crippen molar-refractivity contribution >= 4 is 39.1 Å². The van der Waals surface area contributed by atoms with Crippen LogP contribution in [-0.4, -0.2) is 56.2 Å². The van der Waals surface area contributed by atoms with Crippen LogP contribution in [0.5, 0.6) is 5.75 Å². The number of carbonyl (C=O) groups is 2. The molecule has 148 valence electrons. The van der Waals surface area contributed by atoms with Crippen LogP contribution in [-0.2, 0) is 14.6 Å². The zero-order chi connectivity index (χ0) is 20.3. The highest BCUT2D eigenvalue weighted by Crippen LogP contribution is 2.25. The molecule has 0 radical (unpaired) electrons. The van der Waals surface area contributed by atoms with Crippen molar-refractivity contribution in [2.45, 2.75) is 10.9 Å². The van der Waals surface area contributed by atoms with E-state index in [4.69, 9.17) is 4.74 Å². The van der Waals surface area contributed by atoms with Crippen molar-refractivity contribution in [2.75, 3.05) is 30.3 Å². The average Bonchev–Trinajstić information content (AvgIpc) is 3.17. The summed E-state index contributed by atoms with van der Waals surface area (Å²) in [7, 11) is -1.86. The van der Waals surface area contributed by atoms with Crippen LogP contribution < -0.4 is 10.1 Å². The third kappa shape index (κ3) is 4.48. The van der Waals surface area contributed by atoms with E-state index in [9.17, 15) is 18.0 Å². The number of rotatable bonds is 5. The lowest BCUT2D eigenvalue weighted by molar-refractivity contribution is -0.119. The predicted molar refractivity (Wildman–Crippen MR) is 108 cm³/mol. The highest BCUT2D eigenvalue weighted by atomic mass is 32.2. The van der Waals surface area contributed by atoms with Gasteiger partial charge in [0.2, 0.25) is 5.91 Å². The van der Waals surface area contributed by atoms with E-state index in [0.717, 1.165) is 6.26 Å². The Morgan fingerprint density at radius 2 is 1.89 bits per heavy atom. The first-order chi connectivity index (χ1) is 13.3. The molecule has 2 aromatic rings. The van der Waals surface area contributed by atoms with Gasteiger partial charge < -0.3 is 15.0 Å². The largest absolute Gasteiger partial charge is 0.497 e. The second kappa shape index (κ2) is 8.24. The number of hydrogen-bond donors (Lipinski definition) is 1. The number of thioether (sulfide) groups is 1. The Morgan fingerprint density at radius 3 is 2.54 bits per heavy atom. The molecule has 9 heteroatoms. The van der Waals surface area contributed by atoms with Crippen molar-refractivity contribution in [1.82, 2.24) is 4.90 Å². The van der Waals surface area contributed by atoms with Gasteiger partial charge in [-0.05, 0) is 42.5 Å². The Kier molecular flexibility index (Phi) is 5.95. The van der Waals surface area contributed by atoms with Crippen molar-refractivity contribution < 1.29 is 22.7 Å². The maximum atomic E-state index is 12.9. The van der Waals surface area contributed by atoms with Gasteiger partial charge in [0.1, 0.15) is 11.8 Å². The summed E-state index contributed by atoms with van der Waals surface area (Å²) >= 11 is 1.47. The zero-order valence-electron chi connectivity index (χ0n) is 15.4. The zero-order valence-corrected chi connectivity index (χ0v) is 17.0. The van der Waals surface area contributed by atoms with Crippen molar-refractivity contribution in [1.29, 1.82) is 0 Å². The smallest absolute Gasteiger partial charge is 0.255 e. The number of anilines is 1. The summed E-state index contributed by atoms with van der Waals surface area (Å²) in [6, 6.07) is 12.1. The summed E-state index contributed by atoms with van der Waals surface area (Å²) < 4.78 is 28.6. The van der Waals surface area contributed by atoms with Gasteiger partial charge in [-0.25, -0.2) is 8.42 Å². The van der Waals surface area contributed by atoms with E-state index in [1.54, 1.807) is 37.4 Å². The Hall–Kier alpha value is -2.52. The molecule has 1 saturated heterocycles. The number of methoxy groups -OCH3 is 1. The van der Waals surface area contributed by atoms with Gasteiger partial charge in [-0.3, -0.25) is 9.59 Å². The molecule has 28 heavy (non-hydrogen) atoms. The summed E-state index contributed by atoms with van der Waals surface area (Å²) in [4.78, 5) is 27.1. The molecule has 1 unspecified atom stereocenters. The maximum absolute atomic E-state index is 12.9. The van der Waals surface area contributed by atoms with Gasteiger partial charge in [-0.1, -0.05) is 6.07 Å². The molecule has 0 saturated carbocycles. The minimum atomic E-state index is -3.42. The van der Waals surface area contributed by atoms with Crippen LogP contribution in [0.3, 0.4) is 0 Å². The van der Waals surface area contributed by atoms with Gasteiger partial charge in [0.05, 0.1) is 17.9 Å². The Morgan fingerprint density at radius 1 is 1.18 bits per heavy atom. The van der Waals surface area contributed by atoms with Gasteiger partial charge >= 0.3 is 0 Å². The van der Waals surface area contributed by atoms with E-state index >= 15 is 0 Å². The molecular formula is C19H20N2O5S2. The molecular weight excluding hydrogens is 400 g/mol. The average molecular weight is 421 g/mol. The number of benzene rings is 2. The first kappa shape index (κ1) is 20.2. The Balaban J connectivity index is 1.76. The van der Waals surface area contributed by atoms with E-state index in [2.05, 4.69) is 5.32 Å². The number of amides is 2. The quantitative estimate of drug-likeness (QED) is 0.798.